The van der Waals surface area contributed by atoms with Crippen molar-refractivity contribution < 1.29 is 4.79 Å². The van der Waals surface area contributed by atoms with Gasteiger partial charge in [-0.2, -0.15) is 0 Å². The number of carbonyl (C=O) groups excluding carboxylic acids is 1. The third-order valence-electron chi connectivity index (χ3n) is 2.08. The minimum absolute atomic E-state index is 0.0833. The normalized spacial score (nSPS) is 10.8. The fourth-order valence-electron chi connectivity index (χ4n) is 1.35. The van der Waals surface area contributed by atoms with Crippen molar-refractivity contribution in [3.8, 4) is 0 Å². The highest BCUT2D eigenvalue weighted by atomic mass is 32.1. The van der Waals surface area contributed by atoms with Crippen LogP contribution < -0.4 is 11.5 Å². The third-order valence-corrected chi connectivity index (χ3v) is 3.54. The lowest BCUT2D eigenvalue weighted by Crippen LogP contribution is -2.16. The van der Waals surface area contributed by atoms with Gasteiger partial charge in [-0.1, -0.05) is 11.3 Å². The van der Waals surface area contributed by atoms with E-state index in [4.69, 9.17) is 23.7 Å². The molecule has 0 aliphatic carbocycles. The second-order valence-corrected chi connectivity index (χ2v) is 4.71. The number of hydrogen-bond acceptors (Lipinski definition) is 6. The monoisotopic (exact) mass is 255 g/mol. The van der Waals surface area contributed by atoms with Gasteiger partial charge in [0.15, 0.2) is 9.60 Å². The molecule has 1 amide bonds. The summed E-state index contributed by atoms with van der Waals surface area (Å²) in [5, 5.41) is 0. The second kappa shape index (κ2) is 3.80. The number of thiazole rings is 1. The number of fused-ring (bicyclic) bond motifs is 1. The minimum atomic E-state index is -0.701. The van der Waals surface area contributed by atoms with Crippen molar-refractivity contribution in [1.82, 2.24) is 14.5 Å². The predicted octanol–water partition coefficient (Wildman–Crippen LogP) is 0.923. The second-order valence-electron chi connectivity index (χ2n) is 3.06. The van der Waals surface area contributed by atoms with Crippen LogP contribution in [-0.4, -0.2) is 20.4 Å². The number of hydrogen-bond donors (Lipinski definition) is 2. The molecule has 0 saturated carbocycles. The predicted molar refractivity (Wildman–Crippen MR) is 64.8 cm³/mol. The van der Waals surface area contributed by atoms with Crippen LogP contribution in [0, 0.1) is 3.95 Å². The van der Waals surface area contributed by atoms with Gasteiger partial charge in [-0.25, -0.2) is 9.97 Å². The molecular formula is C8H9N5OS2. The molecule has 0 aliphatic heterocycles. The summed E-state index contributed by atoms with van der Waals surface area (Å²) in [5.74, 6) is -0.546. The summed E-state index contributed by atoms with van der Waals surface area (Å²) in [4.78, 5) is 18.9. The fourth-order valence-corrected chi connectivity index (χ4v) is 2.72. The average Bonchev–Trinajstić information content (AvgIpc) is 2.54. The standard InChI is InChI=1S/C8H9N5OS2/c1-2-13-7-3(16-8(13)15)4(9)11-6(12-7)5(10)14/h2H2,1H3,(H2,10,14)(H2,9,11,12). The topological polar surface area (TPSA) is 99.8 Å². The van der Waals surface area contributed by atoms with Crippen molar-refractivity contribution >= 4 is 45.6 Å². The number of rotatable bonds is 2. The van der Waals surface area contributed by atoms with Gasteiger partial charge in [0, 0.05) is 6.54 Å². The molecule has 16 heavy (non-hydrogen) atoms. The summed E-state index contributed by atoms with van der Waals surface area (Å²) in [6, 6.07) is 0. The summed E-state index contributed by atoms with van der Waals surface area (Å²) < 4.78 is 3.14. The highest BCUT2D eigenvalue weighted by Crippen LogP contribution is 2.25. The molecule has 8 heteroatoms. The van der Waals surface area contributed by atoms with Gasteiger partial charge in [0.25, 0.3) is 5.91 Å². The molecule has 4 N–H and O–H groups in total. The van der Waals surface area contributed by atoms with E-state index in [1.165, 1.54) is 11.3 Å². The number of nitrogen functional groups attached to an aromatic ring is 1. The molecule has 0 saturated heterocycles. The van der Waals surface area contributed by atoms with Gasteiger partial charge in [-0.15, -0.1) is 0 Å². The number of anilines is 1. The summed E-state index contributed by atoms with van der Waals surface area (Å²) >= 11 is 6.49. The van der Waals surface area contributed by atoms with Gasteiger partial charge in [0.05, 0.1) is 0 Å². The van der Waals surface area contributed by atoms with Crippen molar-refractivity contribution in [3.63, 3.8) is 0 Å². The smallest absolute Gasteiger partial charge is 0.286 e. The Morgan fingerprint density at radius 2 is 2.25 bits per heavy atom. The largest absolute Gasteiger partial charge is 0.382 e. The van der Waals surface area contributed by atoms with Crippen LogP contribution in [-0.2, 0) is 6.54 Å². The van der Waals surface area contributed by atoms with Gasteiger partial charge >= 0.3 is 0 Å². The first-order valence-corrected chi connectivity index (χ1v) is 5.73. The van der Waals surface area contributed by atoms with Crippen molar-refractivity contribution in [2.24, 2.45) is 5.73 Å². The Morgan fingerprint density at radius 3 is 2.81 bits per heavy atom. The third kappa shape index (κ3) is 1.55. The fraction of sp³-hybridized carbons (Fsp3) is 0.250. The highest BCUT2D eigenvalue weighted by Gasteiger charge is 2.14. The van der Waals surface area contributed by atoms with Crippen LogP contribution in [0.1, 0.15) is 17.5 Å². The molecule has 2 heterocycles. The van der Waals surface area contributed by atoms with Crippen LogP contribution >= 0.6 is 23.6 Å². The zero-order chi connectivity index (χ0) is 11.9. The Bertz CT molecular complexity index is 629. The van der Waals surface area contributed by atoms with Crippen LogP contribution in [0.25, 0.3) is 10.3 Å². The number of aryl methyl sites for hydroxylation is 1. The van der Waals surface area contributed by atoms with Crippen LogP contribution in [0.2, 0.25) is 0 Å². The van der Waals surface area contributed by atoms with Crippen LogP contribution in [0.5, 0.6) is 0 Å². The van der Waals surface area contributed by atoms with Gasteiger partial charge in [-0.05, 0) is 19.1 Å². The number of amides is 1. The highest BCUT2D eigenvalue weighted by molar-refractivity contribution is 7.73. The van der Waals surface area contributed by atoms with Crippen molar-refractivity contribution in [3.05, 3.63) is 9.78 Å². The molecule has 0 fully saturated rings. The number of primary amides is 1. The number of nitrogens with zero attached hydrogens (tertiary/aromatic N) is 3. The van der Waals surface area contributed by atoms with E-state index >= 15 is 0 Å². The van der Waals surface area contributed by atoms with Crippen molar-refractivity contribution in [2.75, 3.05) is 5.73 Å². The zero-order valence-corrected chi connectivity index (χ0v) is 10.1. The molecule has 0 aliphatic rings. The van der Waals surface area contributed by atoms with Crippen molar-refractivity contribution in [2.45, 2.75) is 13.5 Å². The first kappa shape index (κ1) is 11.0. The average molecular weight is 255 g/mol. The molecule has 0 aromatic carbocycles. The van der Waals surface area contributed by atoms with E-state index in [2.05, 4.69) is 9.97 Å². The summed E-state index contributed by atoms with van der Waals surface area (Å²) in [6.07, 6.45) is 0. The van der Waals surface area contributed by atoms with E-state index in [1.807, 2.05) is 6.92 Å². The Balaban J connectivity index is 2.88. The number of aromatic nitrogens is 3. The molecule has 84 valence electrons. The Morgan fingerprint density at radius 1 is 1.56 bits per heavy atom. The van der Waals surface area contributed by atoms with E-state index in [-0.39, 0.29) is 11.6 Å². The van der Waals surface area contributed by atoms with Gasteiger partial charge in [-0.3, -0.25) is 4.79 Å². The lowest BCUT2D eigenvalue weighted by atomic mass is 10.5. The molecule has 0 atom stereocenters. The molecule has 0 unspecified atom stereocenters. The Labute approximate surface area is 99.9 Å². The molecule has 0 spiro atoms. The quantitative estimate of drug-likeness (QED) is 0.777. The maximum absolute atomic E-state index is 11.0. The first-order valence-electron chi connectivity index (χ1n) is 4.51. The van der Waals surface area contributed by atoms with Crippen LogP contribution in [0.15, 0.2) is 0 Å². The van der Waals surface area contributed by atoms with E-state index in [9.17, 15) is 4.79 Å². The minimum Gasteiger partial charge on any atom is -0.382 e. The SMILES string of the molecule is CCn1c(=S)sc2c(N)nc(C(N)=O)nc21. The molecular weight excluding hydrogens is 246 g/mol. The molecule has 0 bridgehead atoms. The van der Waals surface area contributed by atoms with Gasteiger partial charge < -0.3 is 16.0 Å². The maximum Gasteiger partial charge on any atom is 0.286 e. The van der Waals surface area contributed by atoms with Crippen LogP contribution in [0.3, 0.4) is 0 Å². The van der Waals surface area contributed by atoms with Gasteiger partial charge in [0.1, 0.15) is 10.5 Å². The van der Waals surface area contributed by atoms with E-state index in [0.29, 0.717) is 20.8 Å². The summed E-state index contributed by atoms with van der Waals surface area (Å²) in [7, 11) is 0. The Hall–Kier alpha value is -1.54. The molecule has 0 radical (unpaired) electrons. The van der Waals surface area contributed by atoms with E-state index < -0.39 is 5.91 Å². The number of nitrogens with two attached hydrogens (primary N) is 2. The Kier molecular flexibility index (Phi) is 2.60. The van der Waals surface area contributed by atoms with E-state index in [1.54, 1.807) is 4.57 Å². The lowest BCUT2D eigenvalue weighted by Gasteiger charge is -2.01. The van der Waals surface area contributed by atoms with Crippen LogP contribution in [0.4, 0.5) is 5.82 Å². The first-order chi connectivity index (χ1) is 7.54. The molecule has 2 rings (SSSR count). The molecule has 2 aromatic heterocycles. The summed E-state index contributed by atoms with van der Waals surface area (Å²) in [6.45, 7) is 2.59. The molecule has 6 nitrogen and oxygen atoms in total. The zero-order valence-electron chi connectivity index (χ0n) is 8.43. The summed E-state index contributed by atoms with van der Waals surface area (Å²) in [5.41, 5.74) is 11.4. The molecule has 2 aromatic rings. The number of carbonyl (C=O) groups is 1. The van der Waals surface area contributed by atoms with E-state index in [0.717, 1.165) is 0 Å². The van der Waals surface area contributed by atoms with Gasteiger partial charge in [0.2, 0.25) is 5.82 Å². The lowest BCUT2D eigenvalue weighted by molar-refractivity contribution is 0.0991. The maximum atomic E-state index is 11.0. The van der Waals surface area contributed by atoms with Crippen molar-refractivity contribution in [1.29, 1.82) is 0 Å².